The Balaban J connectivity index is 1.57. The predicted octanol–water partition coefficient (Wildman–Crippen LogP) is 6.09. The van der Waals surface area contributed by atoms with Gasteiger partial charge in [0.05, 0.1) is 23.2 Å². The number of ether oxygens (including phenoxy) is 1. The second-order valence-electron chi connectivity index (χ2n) is 7.19. The van der Waals surface area contributed by atoms with E-state index in [2.05, 4.69) is 15.0 Å². The molecule has 0 atom stereocenters. The molecule has 8 heteroatoms. The van der Waals surface area contributed by atoms with E-state index in [1.807, 2.05) is 19.2 Å². The molecule has 0 amide bonds. The van der Waals surface area contributed by atoms with Gasteiger partial charge in [0.2, 0.25) is 0 Å². The van der Waals surface area contributed by atoms with E-state index in [-0.39, 0.29) is 18.9 Å². The van der Waals surface area contributed by atoms with Gasteiger partial charge in [0.1, 0.15) is 10.9 Å². The van der Waals surface area contributed by atoms with Crippen molar-refractivity contribution in [2.24, 2.45) is 5.92 Å². The second-order valence-corrected chi connectivity index (χ2v) is 7.55. The molecule has 0 bridgehead atoms. The van der Waals surface area contributed by atoms with E-state index in [9.17, 15) is 13.2 Å². The number of pyridine rings is 2. The lowest BCUT2D eigenvalue weighted by Gasteiger charge is -2.30. The van der Waals surface area contributed by atoms with Gasteiger partial charge in [0.25, 0.3) is 0 Å². The Labute approximate surface area is 165 Å². The van der Waals surface area contributed by atoms with Gasteiger partial charge in [-0.05, 0) is 38.7 Å². The van der Waals surface area contributed by atoms with Crippen molar-refractivity contribution in [3.63, 3.8) is 0 Å². The molecule has 0 saturated heterocycles. The number of aryl methyl sites for hydroxylation is 1. The third-order valence-electron chi connectivity index (χ3n) is 5.19. The molecule has 4 rings (SSSR count). The Hall–Kier alpha value is -2.28. The molecule has 148 valence electrons. The molecule has 1 aliphatic carbocycles. The van der Waals surface area contributed by atoms with Gasteiger partial charge in [-0.2, -0.15) is 13.2 Å². The van der Waals surface area contributed by atoms with Crippen molar-refractivity contribution in [1.82, 2.24) is 15.0 Å². The summed E-state index contributed by atoms with van der Waals surface area (Å²) in [5, 5.41) is 1.16. The molecule has 0 aromatic carbocycles. The zero-order valence-corrected chi connectivity index (χ0v) is 15.9. The minimum Gasteiger partial charge on any atom is -0.490 e. The number of rotatable bonds is 3. The molecule has 0 spiro atoms. The van der Waals surface area contributed by atoms with Crippen molar-refractivity contribution in [2.45, 2.75) is 44.9 Å². The summed E-state index contributed by atoms with van der Waals surface area (Å²) < 4.78 is 44.6. The molecule has 1 fully saturated rings. The number of H-pyrrole nitrogens is 1. The van der Waals surface area contributed by atoms with Gasteiger partial charge in [0, 0.05) is 41.2 Å². The summed E-state index contributed by atoms with van der Waals surface area (Å²) in [5.74, 6) is -0.615. The zero-order chi connectivity index (χ0) is 19.9. The van der Waals surface area contributed by atoms with E-state index < -0.39 is 12.1 Å². The highest BCUT2D eigenvalue weighted by molar-refractivity contribution is 6.35. The maximum Gasteiger partial charge on any atom is 0.391 e. The number of nitrogens with one attached hydrogen (secondary N) is 1. The van der Waals surface area contributed by atoms with E-state index in [4.69, 9.17) is 16.3 Å². The Morgan fingerprint density at radius 1 is 1.18 bits per heavy atom. The minimum atomic E-state index is -4.12. The summed E-state index contributed by atoms with van der Waals surface area (Å²) in [6.07, 6.45) is 0.102. The molecule has 3 aromatic rings. The molecule has 3 heterocycles. The van der Waals surface area contributed by atoms with Crippen LogP contribution in [0.1, 0.15) is 31.4 Å². The van der Waals surface area contributed by atoms with E-state index in [1.165, 1.54) is 0 Å². The highest BCUT2D eigenvalue weighted by Crippen LogP contribution is 2.39. The van der Waals surface area contributed by atoms with Gasteiger partial charge in [0.15, 0.2) is 0 Å². The zero-order valence-electron chi connectivity index (χ0n) is 15.2. The van der Waals surface area contributed by atoms with Crippen LogP contribution >= 0.6 is 11.6 Å². The van der Waals surface area contributed by atoms with Crippen LogP contribution in [0.5, 0.6) is 5.75 Å². The summed E-state index contributed by atoms with van der Waals surface area (Å²) in [6.45, 7) is 1.85. The van der Waals surface area contributed by atoms with Crippen LogP contribution in [0.3, 0.4) is 0 Å². The molecule has 1 N–H and O–H groups in total. The molecule has 4 nitrogen and oxygen atoms in total. The fourth-order valence-electron chi connectivity index (χ4n) is 3.78. The topological polar surface area (TPSA) is 50.8 Å². The van der Waals surface area contributed by atoms with Crippen LogP contribution in [-0.4, -0.2) is 27.2 Å². The maximum atomic E-state index is 12.9. The third-order valence-corrected chi connectivity index (χ3v) is 5.48. The quantitative estimate of drug-likeness (QED) is 0.533. The molecular weight excluding hydrogens is 391 g/mol. The maximum absolute atomic E-state index is 12.9. The predicted molar refractivity (Wildman–Crippen MR) is 102 cm³/mol. The number of hydrogen-bond acceptors (Lipinski definition) is 3. The van der Waals surface area contributed by atoms with Crippen molar-refractivity contribution < 1.29 is 17.9 Å². The lowest BCUT2D eigenvalue weighted by atomic mass is 9.87. The van der Waals surface area contributed by atoms with Crippen molar-refractivity contribution in [3.8, 4) is 17.0 Å². The number of fused-ring (bicyclic) bond motifs is 1. The Morgan fingerprint density at radius 2 is 1.93 bits per heavy atom. The van der Waals surface area contributed by atoms with E-state index >= 15 is 0 Å². The number of aromatic nitrogens is 3. The SMILES string of the molecule is Cc1cc(OC2CCC(C(F)(F)F)CC2)cc(-c2c[nH]c3ccnc(Cl)c23)n1. The fourth-order valence-corrected chi connectivity index (χ4v) is 4.04. The van der Waals surface area contributed by atoms with Crippen molar-refractivity contribution in [2.75, 3.05) is 0 Å². The lowest BCUT2D eigenvalue weighted by Crippen LogP contribution is -2.31. The summed E-state index contributed by atoms with van der Waals surface area (Å²) in [6, 6.07) is 5.43. The number of nitrogens with zero attached hydrogens (tertiary/aromatic N) is 2. The van der Waals surface area contributed by atoms with Gasteiger partial charge in [-0.3, -0.25) is 4.98 Å². The highest BCUT2D eigenvalue weighted by atomic mass is 35.5. The monoisotopic (exact) mass is 409 g/mol. The van der Waals surface area contributed by atoms with Crippen LogP contribution in [0.2, 0.25) is 5.15 Å². The molecule has 3 aromatic heterocycles. The molecular formula is C20H19ClF3N3O. The highest BCUT2D eigenvalue weighted by Gasteiger charge is 2.41. The number of aromatic amines is 1. The van der Waals surface area contributed by atoms with Crippen LogP contribution in [0.4, 0.5) is 13.2 Å². The Bertz CT molecular complexity index is 994. The van der Waals surface area contributed by atoms with E-state index in [0.717, 1.165) is 22.2 Å². The van der Waals surface area contributed by atoms with Gasteiger partial charge in [-0.25, -0.2) is 4.98 Å². The molecule has 0 unspecified atom stereocenters. The van der Waals surface area contributed by atoms with Crippen molar-refractivity contribution in [3.05, 3.63) is 41.4 Å². The summed E-state index contributed by atoms with van der Waals surface area (Å²) in [4.78, 5) is 11.9. The standard InChI is InChI=1S/C20H19ClF3N3O/c1-11-8-14(28-13-4-2-12(3-5-13)20(22,23)24)9-17(27-11)15-10-26-16-6-7-25-19(21)18(15)16/h6-10,12-13,26H,2-5H2,1H3. The normalized spacial score (nSPS) is 20.5. The molecule has 0 radical (unpaired) electrons. The average molecular weight is 410 g/mol. The van der Waals surface area contributed by atoms with Gasteiger partial charge >= 0.3 is 6.18 Å². The Kier molecular flexibility index (Phi) is 4.95. The first kappa shape index (κ1) is 19.1. The van der Waals surface area contributed by atoms with Gasteiger partial charge < -0.3 is 9.72 Å². The van der Waals surface area contributed by atoms with Crippen LogP contribution in [0.15, 0.2) is 30.6 Å². The van der Waals surface area contributed by atoms with Gasteiger partial charge in [-0.1, -0.05) is 11.6 Å². The van der Waals surface area contributed by atoms with Crippen LogP contribution in [0, 0.1) is 12.8 Å². The molecule has 0 aliphatic heterocycles. The van der Waals surface area contributed by atoms with Gasteiger partial charge in [-0.15, -0.1) is 0 Å². The number of alkyl halides is 3. The lowest BCUT2D eigenvalue weighted by molar-refractivity contribution is -0.185. The Morgan fingerprint density at radius 3 is 2.64 bits per heavy atom. The van der Waals surface area contributed by atoms with Crippen molar-refractivity contribution >= 4 is 22.5 Å². The van der Waals surface area contributed by atoms with Crippen LogP contribution < -0.4 is 4.74 Å². The second kappa shape index (κ2) is 7.28. The third kappa shape index (κ3) is 3.81. The summed E-state index contributed by atoms with van der Waals surface area (Å²) in [7, 11) is 0. The molecule has 28 heavy (non-hydrogen) atoms. The molecule has 1 aliphatic rings. The smallest absolute Gasteiger partial charge is 0.391 e. The first-order valence-corrected chi connectivity index (χ1v) is 9.53. The number of halogens is 4. The fraction of sp³-hybridized carbons (Fsp3) is 0.400. The van der Waals surface area contributed by atoms with E-state index in [0.29, 0.717) is 29.4 Å². The van der Waals surface area contributed by atoms with Crippen LogP contribution in [-0.2, 0) is 0 Å². The number of hydrogen-bond donors (Lipinski definition) is 1. The minimum absolute atomic E-state index is 0.106. The first-order chi connectivity index (χ1) is 13.3. The van der Waals surface area contributed by atoms with Crippen LogP contribution in [0.25, 0.3) is 22.2 Å². The largest absolute Gasteiger partial charge is 0.490 e. The summed E-state index contributed by atoms with van der Waals surface area (Å²) in [5.41, 5.74) is 3.10. The van der Waals surface area contributed by atoms with E-state index in [1.54, 1.807) is 18.3 Å². The van der Waals surface area contributed by atoms with Crippen molar-refractivity contribution in [1.29, 1.82) is 0 Å². The average Bonchev–Trinajstić information content (AvgIpc) is 3.06. The summed E-state index contributed by atoms with van der Waals surface area (Å²) >= 11 is 6.26. The first-order valence-electron chi connectivity index (χ1n) is 9.15. The molecule has 1 saturated carbocycles.